The number of aliphatic carboxylic acids is 1. The molecule has 0 aliphatic carbocycles. The Morgan fingerprint density at radius 1 is 1.28 bits per heavy atom. The van der Waals surface area contributed by atoms with Gasteiger partial charge in [-0.05, 0) is 46.2 Å². The van der Waals surface area contributed by atoms with Crippen molar-refractivity contribution < 1.29 is 28.9 Å². The third kappa shape index (κ3) is 7.78. The standard InChI is InChI=1S/C18H27NO6/c1-12(17(21)22)19-14-11-13(8-9-15(14)23-5)24-10-6-7-16(20)25-18(2,3)4/h8-9,11-12,19H,6-7,10H2,1-5H3,(H,21,22). The predicted molar refractivity (Wildman–Crippen MR) is 94.3 cm³/mol. The summed E-state index contributed by atoms with van der Waals surface area (Å²) in [4.78, 5) is 22.6. The Kier molecular flexibility index (Phi) is 7.54. The van der Waals surface area contributed by atoms with Crippen LogP contribution in [0.3, 0.4) is 0 Å². The Bertz CT molecular complexity index is 594. The number of carbonyl (C=O) groups is 2. The molecule has 0 amide bonds. The molecular weight excluding hydrogens is 326 g/mol. The van der Waals surface area contributed by atoms with E-state index >= 15 is 0 Å². The van der Waals surface area contributed by atoms with E-state index in [-0.39, 0.29) is 12.4 Å². The molecule has 0 saturated heterocycles. The van der Waals surface area contributed by atoms with E-state index in [9.17, 15) is 9.59 Å². The van der Waals surface area contributed by atoms with Gasteiger partial charge in [-0.3, -0.25) is 9.59 Å². The lowest BCUT2D eigenvalue weighted by molar-refractivity contribution is -0.155. The van der Waals surface area contributed by atoms with Gasteiger partial charge in [-0.25, -0.2) is 0 Å². The van der Waals surface area contributed by atoms with Gasteiger partial charge in [-0.1, -0.05) is 0 Å². The minimum absolute atomic E-state index is 0.261. The number of anilines is 1. The molecule has 0 bridgehead atoms. The van der Waals surface area contributed by atoms with Crippen LogP contribution in [0.1, 0.15) is 40.5 Å². The van der Waals surface area contributed by atoms with Gasteiger partial charge in [-0.15, -0.1) is 0 Å². The third-order valence-corrected chi connectivity index (χ3v) is 3.13. The Hall–Kier alpha value is -2.44. The predicted octanol–water partition coefficient (Wildman–Crippen LogP) is 3.08. The lowest BCUT2D eigenvalue weighted by Gasteiger charge is -2.19. The lowest BCUT2D eigenvalue weighted by Crippen LogP contribution is -2.25. The Balaban J connectivity index is 2.56. The largest absolute Gasteiger partial charge is 0.495 e. The summed E-state index contributed by atoms with van der Waals surface area (Å²) in [6.45, 7) is 7.36. The fourth-order valence-corrected chi connectivity index (χ4v) is 1.98. The van der Waals surface area contributed by atoms with Crippen LogP contribution in [0.2, 0.25) is 0 Å². The molecule has 2 N–H and O–H groups in total. The second kappa shape index (κ2) is 9.15. The second-order valence-electron chi connectivity index (χ2n) is 6.60. The molecule has 0 spiro atoms. The molecule has 0 aromatic heterocycles. The number of carbonyl (C=O) groups excluding carboxylic acids is 1. The molecule has 1 aromatic rings. The van der Waals surface area contributed by atoms with E-state index in [0.29, 0.717) is 30.2 Å². The zero-order chi connectivity index (χ0) is 19.0. The maximum atomic E-state index is 11.6. The van der Waals surface area contributed by atoms with Crippen molar-refractivity contribution in [1.29, 1.82) is 0 Å². The monoisotopic (exact) mass is 353 g/mol. The van der Waals surface area contributed by atoms with E-state index in [1.54, 1.807) is 18.2 Å². The summed E-state index contributed by atoms with van der Waals surface area (Å²) in [5.41, 5.74) is 0.0389. The zero-order valence-corrected chi connectivity index (χ0v) is 15.4. The number of benzene rings is 1. The van der Waals surface area contributed by atoms with E-state index in [1.807, 2.05) is 20.8 Å². The number of esters is 1. The van der Waals surface area contributed by atoms with Gasteiger partial charge in [0.05, 0.1) is 19.4 Å². The van der Waals surface area contributed by atoms with Gasteiger partial charge >= 0.3 is 11.9 Å². The molecule has 140 valence electrons. The van der Waals surface area contributed by atoms with Crippen LogP contribution in [0.25, 0.3) is 0 Å². The van der Waals surface area contributed by atoms with Gasteiger partial charge in [0.1, 0.15) is 23.1 Å². The van der Waals surface area contributed by atoms with Crippen LogP contribution in [0.4, 0.5) is 5.69 Å². The Morgan fingerprint density at radius 2 is 1.96 bits per heavy atom. The van der Waals surface area contributed by atoms with Crippen LogP contribution >= 0.6 is 0 Å². The highest BCUT2D eigenvalue weighted by Crippen LogP contribution is 2.29. The molecule has 0 saturated carbocycles. The lowest BCUT2D eigenvalue weighted by atomic mass is 10.2. The highest BCUT2D eigenvalue weighted by atomic mass is 16.6. The molecule has 7 nitrogen and oxygen atoms in total. The van der Waals surface area contributed by atoms with Crippen molar-refractivity contribution in [2.45, 2.75) is 52.2 Å². The number of methoxy groups -OCH3 is 1. The first-order valence-corrected chi connectivity index (χ1v) is 8.14. The minimum atomic E-state index is -0.967. The molecule has 0 aliphatic heterocycles. The van der Waals surface area contributed by atoms with E-state index in [4.69, 9.17) is 19.3 Å². The first-order chi connectivity index (χ1) is 11.6. The van der Waals surface area contributed by atoms with Gasteiger partial charge in [-0.2, -0.15) is 0 Å². The topological polar surface area (TPSA) is 94.1 Å². The summed E-state index contributed by atoms with van der Waals surface area (Å²) in [5, 5.41) is 11.9. The summed E-state index contributed by atoms with van der Waals surface area (Å²) in [7, 11) is 1.51. The minimum Gasteiger partial charge on any atom is -0.495 e. The summed E-state index contributed by atoms with van der Waals surface area (Å²) in [6, 6.07) is 4.32. The second-order valence-corrected chi connectivity index (χ2v) is 6.60. The van der Waals surface area contributed by atoms with Crippen LogP contribution in [0, 0.1) is 0 Å². The van der Waals surface area contributed by atoms with Crippen molar-refractivity contribution in [3.63, 3.8) is 0 Å². The van der Waals surface area contributed by atoms with Crippen molar-refractivity contribution in [2.75, 3.05) is 19.0 Å². The van der Waals surface area contributed by atoms with Crippen LogP contribution in [-0.4, -0.2) is 42.4 Å². The summed E-state index contributed by atoms with van der Waals surface area (Å²) < 4.78 is 16.1. The van der Waals surface area contributed by atoms with Crippen LogP contribution in [0.5, 0.6) is 11.5 Å². The molecule has 0 heterocycles. The number of carboxylic acids is 1. The maximum Gasteiger partial charge on any atom is 0.325 e. The third-order valence-electron chi connectivity index (χ3n) is 3.13. The first kappa shape index (κ1) is 20.6. The first-order valence-electron chi connectivity index (χ1n) is 8.14. The van der Waals surface area contributed by atoms with E-state index in [2.05, 4.69) is 5.32 Å². The van der Waals surface area contributed by atoms with Gasteiger partial charge in [0.25, 0.3) is 0 Å². The van der Waals surface area contributed by atoms with E-state index < -0.39 is 17.6 Å². The molecule has 1 aromatic carbocycles. The highest BCUT2D eigenvalue weighted by Gasteiger charge is 2.16. The van der Waals surface area contributed by atoms with Crippen LogP contribution < -0.4 is 14.8 Å². The van der Waals surface area contributed by atoms with Crippen molar-refractivity contribution in [2.24, 2.45) is 0 Å². The van der Waals surface area contributed by atoms with Crippen molar-refractivity contribution in [3.05, 3.63) is 18.2 Å². The molecule has 0 fully saturated rings. The molecule has 0 aliphatic rings. The molecule has 7 heteroatoms. The number of carboxylic acid groups (broad SMARTS) is 1. The number of rotatable bonds is 9. The summed E-state index contributed by atoms with van der Waals surface area (Å²) in [5.74, 6) is -0.145. The molecule has 1 unspecified atom stereocenters. The highest BCUT2D eigenvalue weighted by molar-refractivity contribution is 5.78. The van der Waals surface area contributed by atoms with Crippen LogP contribution in [-0.2, 0) is 14.3 Å². The average molecular weight is 353 g/mol. The smallest absolute Gasteiger partial charge is 0.325 e. The van der Waals surface area contributed by atoms with Crippen molar-refractivity contribution in [1.82, 2.24) is 0 Å². The molecule has 0 radical (unpaired) electrons. The van der Waals surface area contributed by atoms with Crippen LogP contribution in [0.15, 0.2) is 18.2 Å². The number of ether oxygens (including phenoxy) is 3. The molecule has 1 rings (SSSR count). The van der Waals surface area contributed by atoms with E-state index in [0.717, 1.165) is 0 Å². The molecular formula is C18H27NO6. The summed E-state index contributed by atoms with van der Waals surface area (Å²) >= 11 is 0. The maximum absolute atomic E-state index is 11.6. The fourth-order valence-electron chi connectivity index (χ4n) is 1.98. The Labute approximate surface area is 148 Å². The number of nitrogens with one attached hydrogen (secondary N) is 1. The SMILES string of the molecule is COc1ccc(OCCCC(=O)OC(C)(C)C)cc1NC(C)C(=O)O. The summed E-state index contributed by atoms with van der Waals surface area (Å²) in [6.07, 6.45) is 0.795. The zero-order valence-electron chi connectivity index (χ0n) is 15.4. The van der Waals surface area contributed by atoms with Gasteiger partial charge < -0.3 is 24.6 Å². The van der Waals surface area contributed by atoms with Gasteiger partial charge in [0.2, 0.25) is 0 Å². The van der Waals surface area contributed by atoms with Gasteiger partial charge in [0, 0.05) is 12.5 Å². The van der Waals surface area contributed by atoms with E-state index in [1.165, 1.54) is 14.0 Å². The van der Waals surface area contributed by atoms with Crippen molar-refractivity contribution >= 4 is 17.6 Å². The number of hydrogen-bond acceptors (Lipinski definition) is 6. The molecule has 25 heavy (non-hydrogen) atoms. The number of hydrogen-bond donors (Lipinski definition) is 2. The Morgan fingerprint density at radius 3 is 2.52 bits per heavy atom. The van der Waals surface area contributed by atoms with Gasteiger partial charge in [0.15, 0.2) is 0 Å². The molecule has 1 atom stereocenters. The normalized spacial score (nSPS) is 12.2. The van der Waals surface area contributed by atoms with Crippen molar-refractivity contribution in [3.8, 4) is 11.5 Å². The fraction of sp³-hybridized carbons (Fsp3) is 0.556. The quantitative estimate of drug-likeness (QED) is 0.520. The average Bonchev–Trinajstić information content (AvgIpc) is 2.50.